The van der Waals surface area contributed by atoms with E-state index in [9.17, 15) is 9.59 Å². The van der Waals surface area contributed by atoms with Gasteiger partial charge in [0.15, 0.2) is 0 Å². The average molecular weight is 276 g/mol. The summed E-state index contributed by atoms with van der Waals surface area (Å²) >= 11 is 0. The fourth-order valence-electron chi connectivity index (χ4n) is 2.65. The van der Waals surface area contributed by atoms with Crippen LogP contribution >= 0.6 is 0 Å². The van der Waals surface area contributed by atoms with Crippen LogP contribution in [0.5, 0.6) is 0 Å². The highest BCUT2D eigenvalue weighted by Gasteiger charge is 2.24. The van der Waals surface area contributed by atoms with Crippen LogP contribution in [-0.2, 0) is 9.59 Å². The summed E-state index contributed by atoms with van der Waals surface area (Å²) in [5.41, 5.74) is 1.02. The minimum atomic E-state index is -1.02. The number of para-hydroxylation sites is 1. The number of hydrogen-bond donors (Lipinski definition) is 2. The van der Waals surface area contributed by atoms with Crippen LogP contribution in [0.2, 0.25) is 0 Å². The molecule has 1 aliphatic carbocycles. The Morgan fingerprint density at radius 1 is 1.20 bits per heavy atom. The number of nitrogens with zero attached hydrogens (tertiary/aromatic N) is 1. The first-order valence-electron chi connectivity index (χ1n) is 6.97. The molecule has 0 radical (unpaired) electrons. The van der Waals surface area contributed by atoms with Crippen LogP contribution in [-0.4, -0.2) is 36.1 Å². The van der Waals surface area contributed by atoms with Gasteiger partial charge in [0, 0.05) is 11.7 Å². The summed E-state index contributed by atoms with van der Waals surface area (Å²) in [7, 11) is 0. The summed E-state index contributed by atoms with van der Waals surface area (Å²) in [5, 5.41) is 11.0. The van der Waals surface area contributed by atoms with E-state index >= 15 is 0 Å². The van der Waals surface area contributed by atoms with E-state index in [1.165, 1.54) is 12.8 Å². The van der Waals surface area contributed by atoms with Crippen LogP contribution in [0.25, 0.3) is 0 Å². The second-order valence-electron chi connectivity index (χ2n) is 5.07. The Bertz CT molecular complexity index is 455. The highest BCUT2D eigenvalue weighted by Crippen LogP contribution is 2.27. The van der Waals surface area contributed by atoms with Crippen LogP contribution in [0.1, 0.15) is 25.7 Å². The molecule has 1 aromatic carbocycles. The summed E-state index contributed by atoms with van der Waals surface area (Å²) in [6, 6.07) is 10.2. The molecule has 1 aliphatic rings. The number of carbonyl (C=O) groups is 2. The average Bonchev–Trinajstić information content (AvgIpc) is 2.97. The van der Waals surface area contributed by atoms with Gasteiger partial charge < -0.3 is 15.3 Å². The van der Waals surface area contributed by atoms with E-state index in [1.807, 2.05) is 30.3 Å². The molecule has 5 nitrogen and oxygen atoms in total. The molecule has 0 bridgehead atoms. The zero-order valence-corrected chi connectivity index (χ0v) is 11.4. The monoisotopic (exact) mass is 276 g/mol. The van der Waals surface area contributed by atoms with Crippen molar-refractivity contribution in [1.29, 1.82) is 0 Å². The summed E-state index contributed by atoms with van der Waals surface area (Å²) in [4.78, 5) is 24.4. The zero-order valence-electron chi connectivity index (χ0n) is 11.4. The molecule has 20 heavy (non-hydrogen) atoms. The van der Waals surface area contributed by atoms with E-state index in [-0.39, 0.29) is 19.0 Å². The first-order chi connectivity index (χ1) is 9.66. The number of carboxylic acid groups (broad SMARTS) is 1. The minimum absolute atomic E-state index is 0.210. The van der Waals surface area contributed by atoms with Gasteiger partial charge in [0.1, 0.15) is 6.54 Å². The number of hydrogen-bond acceptors (Lipinski definition) is 3. The van der Waals surface area contributed by atoms with Crippen molar-refractivity contribution in [3.63, 3.8) is 0 Å². The van der Waals surface area contributed by atoms with E-state index in [2.05, 4.69) is 10.2 Å². The third kappa shape index (κ3) is 3.98. The molecule has 0 aliphatic heterocycles. The van der Waals surface area contributed by atoms with E-state index in [4.69, 9.17) is 5.11 Å². The number of nitrogens with one attached hydrogen (secondary N) is 1. The lowest BCUT2D eigenvalue weighted by Gasteiger charge is -2.30. The van der Waals surface area contributed by atoms with E-state index < -0.39 is 5.97 Å². The van der Waals surface area contributed by atoms with Gasteiger partial charge in [-0.2, -0.15) is 0 Å². The number of anilines is 1. The van der Waals surface area contributed by atoms with Crippen molar-refractivity contribution in [3.8, 4) is 0 Å². The van der Waals surface area contributed by atoms with Crippen molar-refractivity contribution in [2.75, 3.05) is 18.0 Å². The molecule has 1 saturated carbocycles. The second kappa shape index (κ2) is 6.93. The molecule has 5 heteroatoms. The lowest BCUT2D eigenvalue weighted by atomic mass is 10.1. The fourth-order valence-corrected chi connectivity index (χ4v) is 2.65. The molecule has 0 spiro atoms. The van der Waals surface area contributed by atoms with Gasteiger partial charge in [-0.25, -0.2) is 0 Å². The predicted octanol–water partition coefficient (Wildman–Crippen LogP) is 1.64. The number of benzene rings is 1. The SMILES string of the molecule is O=C(O)CNC(=O)CN(c1ccccc1)C1CCCC1. The minimum Gasteiger partial charge on any atom is -0.480 e. The Morgan fingerprint density at radius 2 is 1.85 bits per heavy atom. The molecule has 1 fully saturated rings. The molecular formula is C15H20N2O3. The third-order valence-electron chi connectivity index (χ3n) is 3.60. The molecule has 1 amide bonds. The number of aliphatic carboxylic acids is 1. The van der Waals surface area contributed by atoms with Crippen molar-refractivity contribution >= 4 is 17.6 Å². The van der Waals surface area contributed by atoms with Gasteiger partial charge in [0.05, 0.1) is 6.54 Å². The van der Waals surface area contributed by atoms with Crippen molar-refractivity contribution in [3.05, 3.63) is 30.3 Å². The predicted molar refractivity (Wildman–Crippen MR) is 76.7 cm³/mol. The molecule has 2 rings (SSSR count). The van der Waals surface area contributed by atoms with Gasteiger partial charge in [-0.3, -0.25) is 9.59 Å². The summed E-state index contributed by atoms with van der Waals surface area (Å²) in [6.07, 6.45) is 4.54. The van der Waals surface area contributed by atoms with Crippen LogP contribution in [0, 0.1) is 0 Å². The van der Waals surface area contributed by atoms with Gasteiger partial charge in [-0.15, -0.1) is 0 Å². The standard InChI is InChI=1S/C15H20N2O3/c18-14(16-10-15(19)20)11-17(13-8-4-5-9-13)12-6-2-1-3-7-12/h1-3,6-7,13H,4-5,8-11H2,(H,16,18)(H,19,20). The van der Waals surface area contributed by atoms with Gasteiger partial charge in [-0.05, 0) is 25.0 Å². The highest BCUT2D eigenvalue weighted by atomic mass is 16.4. The largest absolute Gasteiger partial charge is 0.480 e. The Labute approximate surface area is 118 Å². The lowest BCUT2D eigenvalue weighted by Crippen LogP contribution is -2.43. The fraction of sp³-hybridized carbons (Fsp3) is 0.467. The molecule has 0 unspecified atom stereocenters. The van der Waals surface area contributed by atoms with Gasteiger partial charge >= 0.3 is 5.97 Å². The Kier molecular flexibility index (Phi) is 4.98. The summed E-state index contributed by atoms with van der Waals surface area (Å²) < 4.78 is 0. The molecular weight excluding hydrogens is 256 g/mol. The van der Waals surface area contributed by atoms with Crippen LogP contribution in [0.4, 0.5) is 5.69 Å². The molecule has 0 saturated heterocycles. The summed E-state index contributed by atoms with van der Waals surface area (Å²) in [6.45, 7) is -0.117. The second-order valence-corrected chi connectivity index (χ2v) is 5.07. The van der Waals surface area contributed by atoms with Crippen LogP contribution in [0.3, 0.4) is 0 Å². The van der Waals surface area contributed by atoms with Crippen LogP contribution in [0.15, 0.2) is 30.3 Å². The van der Waals surface area contributed by atoms with Crippen LogP contribution < -0.4 is 10.2 Å². The quantitative estimate of drug-likeness (QED) is 0.828. The third-order valence-corrected chi connectivity index (χ3v) is 3.60. The first kappa shape index (κ1) is 14.4. The molecule has 0 atom stereocenters. The van der Waals surface area contributed by atoms with E-state index in [1.54, 1.807) is 0 Å². The van der Waals surface area contributed by atoms with Gasteiger partial charge in [0.2, 0.25) is 5.91 Å². The van der Waals surface area contributed by atoms with Gasteiger partial charge in [0.25, 0.3) is 0 Å². The van der Waals surface area contributed by atoms with Crippen molar-refractivity contribution < 1.29 is 14.7 Å². The van der Waals surface area contributed by atoms with Crippen molar-refractivity contribution in [1.82, 2.24) is 5.32 Å². The van der Waals surface area contributed by atoms with E-state index in [0.29, 0.717) is 6.04 Å². The topological polar surface area (TPSA) is 69.6 Å². The number of carbonyl (C=O) groups excluding carboxylic acids is 1. The number of rotatable bonds is 6. The first-order valence-corrected chi connectivity index (χ1v) is 6.97. The Balaban J connectivity index is 2.03. The smallest absolute Gasteiger partial charge is 0.322 e. The van der Waals surface area contributed by atoms with E-state index in [0.717, 1.165) is 18.5 Å². The Hall–Kier alpha value is -2.04. The normalized spacial score (nSPS) is 15.0. The molecule has 108 valence electrons. The summed E-state index contributed by atoms with van der Waals surface area (Å²) in [5.74, 6) is -1.27. The number of carboxylic acids is 1. The molecule has 1 aromatic rings. The number of amides is 1. The van der Waals surface area contributed by atoms with Crippen molar-refractivity contribution in [2.24, 2.45) is 0 Å². The van der Waals surface area contributed by atoms with Gasteiger partial charge in [-0.1, -0.05) is 31.0 Å². The Morgan fingerprint density at radius 3 is 2.45 bits per heavy atom. The zero-order chi connectivity index (χ0) is 14.4. The maximum absolute atomic E-state index is 11.9. The molecule has 0 heterocycles. The molecule has 0 aromatic heterocycles. The van der Waals surface area contributed by atoms with Crippen molar-refractivity contribution in [2.45, 2.75) is 31.7 Å². The maximum atomic E-state index is 11.9. The molecule has 2 N–H and O–H groups in total. The maximum Gasteiger partial charge on any atom is 0.322 e. The lowest BCUT2D eigenvalue weighted by molar-refractivity contribution is -0.137. The highest BCUT2D eigenvalue weighted by molar-refractivity contribution is 5.84.